The van der Waals surface area contributed by atoms with Crippen LogP contribution in [0.1, 0.15) is 30.9 Å². The summed E-state index contributed by atoms with van der Waals surface area (Å²) in [6.45, 7) is 0. The van der Waals surface area contributed by atoms with Crippen molar-refractivity contribution in [2.75, 3.05) is 7.05 Å². The smallest absolute Gasteiger partial charge is 0.305 e. The van der Waals surface area contributed by atoms with Crippen LogP contribution in [0.2, 0.25) is 0 Å². The Kier molecular flexibility index (Phi) is 5.05. The summed E-state index contributed by atoms with van der Waals surface area (Å²) in [6, 6.07) is 4.41. The second-order valence-electron chi connectivity index (χ2n) is 5.14. The first-order valence-electron chi connectivity index (χ1n) is 6.99. The van der Waals surface area contributed by atoms with Gasteiger partial charge in [0.2, 0.25) is 5.91 Å². The molecule has 2 rings (SSSR count). The SMILES string of the molecule is CN1N=C(C(=O)N[C@H](CC(=O)O)c2ccc(F)cc2)CCC1=O. The van der Waals surface area contributed by atoms with E-state index in [-0.39, 0.29) is 30.9 Å². The average Bonchev–Trinajstić information content (AvgIpc) is 2.49. The Bertz CT molecular complexity index is 657. The molecule has 23 heavy (non-hydrogen) atoms. The number of carboxylic acid groups (broad SMARTS) is 1. The van der Waals surface area contributed by atoms with Gasteiger partial charge in [0.25, 0.3) is 5.91 Å². The molecule has 0 bridgehead atoms. The Morgan fingerprint density at radius 1 is 1.35 bits per heavy atom. The van der Waals surface area contributed by atoms with Crippen molar-refractivity contribution in [1.82, 2.24) is 10.3 Å². The van der Waals surface area contributed by atoms with Crippen LogP contribution in [0, 0.1) is 5.82 Å². The number of amides is 2. The van der Waals surface area contributed by atoms with Gasteiger partial charge in [-0.2, -0.15) is 5.10 Å². The Hall–Kier alpha value is -2.77. The van der Waals surface area contributed by atoms with E-state index < -0.39 is 23.7 Å². The van der Waals surface area contributed by atoms with Crippen molar-refractivity contribution in [1.29, 1.82) is 0 Å². The van der Waals surface area contributed by atoms with Crippen molar-refractivity contribution >= 4 is 23.5 Å². The Morgan fingerprint density at radius 3 is 2.57 bits per heavy atom. The van der Waals surface area contributed by atoms with Gasteiger partial charge in [-0.15, -0.1) is 0 Å². The van der Waals surface area contributed by atoms with Crippen LogP contribution in [0.25, 0.3) is 0 Å². The summed E-state index contributed by atoms with van der Waals surface area (Å²) in [5.74, 6) is -2.29. The molecule has 1 aliphatic heterocycles. The molecule has 0 spiro atoms. The average molecular weight is 321 g/mol. The molecule has 1 aliphatic rings. The van der Waals surface area contributed by atoms with Crippen LogP contribution < -0.4 is 5.32 Å². The van der Waals surface area contributed by atoms with Crippen molar-refractivity contribution in [2.24, 2.45) is 5.10 Å². The highest BCUT2D eigenvalue weighted by Gasteiger charge is 2.25. The molecule has 2 N–H and O–H groups in total. The van der Waals surface area contributed by atoms with Gasteiger partial charge in [-0.3, -0.25) is 14.4 Å². The van der Waals surface area contributed by atoms with Crippen LogP contribution in [0.3, 0.4) is 0 Å². The molecule has 1 aromatic rings. The summed E-state index contributed by atoms with van der Waals surface area (Å²) in [7, 11) is 1.45. The maximum Gasteiger partial charge on any atom is 0.305 e. The van der Waals surface area contributed by atoms with Crippen molar-refractivity contribution < 1.29 is 23.9 Å². The molecule has 0 aromatic heterocycles. The number of hydrogen-bond acceptors (Lipinski definition) is 4. The summed E-state index contributed by atoms with van der Waals surface area (Å²) in [4.78, 5) is 34.6. The maximum atomic E-state index is 13.0. The van der Waals surface area contributed by atoms with Crippen LogP contribution in [0.15, 0.2) is 29.4 Å². The van der Waals surface area contributed by atoms with E-state index in [1.807, 2.05) is 0 Å². The largest absolute Gasteiger partial charge is 0.481 e. The Balaban J connectivity index is 2.16. The van der Waals surface area contributed by atoms with Crippen molar-refractivity contribution in [3.05, 3.63) is 35.6 Å². The number of carbonyl (C=O) groups is 3. The molecular weight excluding hydrogens is 305 g/mol. The second-order valence-corrected chi connectivity index (χ2v) is 5.14. The first-order valence-corrected chi connectivity index (χ1v) is 6.99. The minimum absolute atomic E-state index is 0.157. The summed E-state index contributed by atoms with van der Waals surface area (Å²) < 4.78 is 13.0. The lowest BCUT2D eigenvalue weighted by Gasteiger charge is -2.22. The van der Waals surface area contributed by atoms with Crippen LogP contribution in [0.5, 0.6) is 0 Å². The zero-order valence-electron chi connectivity index (χ0n) is 12.5. The van der Waals surface area contributed by atoms with Crippen molar-refractivity contribution in [2.45, 2.75) is 25.3 Å². The number of nitrogens with one attached hydrogen (secondary N) is 1. The molecule has 0 unspecified atom stereocenters. The van der Waals surface area contributed by atoms with Crippen LogP contribution >= 0.6 is 0 Å². The molecule has 0 radical (unpaired) electrons. The van der Waals surface area contributed by atoms with Crippen LogP contribution in [-0.2, 0) is 14.4 Å². The lowest BCUT2D eigenvalue weighted by Crippen LogP contribution is -2.39. The van der Waals surface area contributed by atoms with Crippen molar-refractivity contribution in [3.63, 3.8) is 0 Å². The number of hydrogen-bond donors (Lipinski definition) is 2. The molecule has 0 fully saturated rings. The fraction of sp³-hybridized carbons (Fsp3) is 0.333. The maximum absolute atomic E-state index is 13.0. The summed E-state index contributed by atoms with van der Waals surface area (Å²) in [6.07, 6.45) is 0.0144. The van der Waals surface area contributed by atoms with Gasteiger partial charge in [0.15, 0.2) is 0 Å². The molecule has 2 amide bonds. The highest BCUT2D eigenvalue weighted by Crippen LogP contribution is 2.18. The van der Waals surface area contributed by atoms with E-state index in [9.17, 15) is 18.8 Å². The molecule has 0 aliphatic carbocycles. The standard InChI is InChI=1S/C15H16FN3O4/c1-19-13(20)7-6-11(18-19)15(23)17-12(8-14(21)22)9-2-4-10(16)5-3-9/h2-5,12H,6-8H2,1H3,(H,17,23)(H,21,22)/t12-/m1/s1. The quantitative estimate of drug-likeness (QED) is 0.847. The van der Waals surface area contributed by atoms with Crippen LogP contribution in [0.4, 0.5) is 4.39 Å². The molecular formula is C15H16FN3O4. The van der Waals surface area contributed by atoms with E-state index in [1.165, 1.54) is 31.3 Å². The zero-order chi connectivity index (χ0) is 17.0. The monoisotopic (exact) mass is 321 g/mol. The summed E-state index contributed by atoms with van der Waals surface area (Å²) in [5, 5.41) is 16.5. The fourth-order valence-electron chi connectivity index (χ4n) is 2.20. The molecule has 122 valence electrons. The number of nitrogens with zero attached hydrogens (tertiary/aromatic N) is 2. The number of hydrazone groups is 1. The third-order valence-electron chi connectivity index (χ3n) is 3.43. The normalized spacial score (nSPS) is 15.8. The van der Waals surface area contributed by atoms with E-state index >= 15 is 0 Å². The molecule has 8 heteroatoms. The summed E-state index contributed by atoms with van der Waals surface area (Å²) >= 11 is 0. The lowest BCUT2D eigenvalue weighted by atomic mass is 10.0. The molecule has 1 aromatic carbocycles. The van der Waals surface area contributed by atoms with Crippen LogP contribution in [-0.4, -0.2) is 40.7 Å². The van der Waals surface area contributed by atoms with Gasteiger partial charge in [-0.1, -0.05) is 12.1 Å². The number of aliphatic carboxylic acids is 1. The number of rotatable bonds is 5. The Labute approximate surface area is 131 Å². The predicted octanol–water partition coefficient (Wildman–Crippen LogP) is 1.07. The number of carbonyl (C=O) groups excluding carboxylic acids is 2. The zero-order valence-corrected chi connectivity index (χ0v) is 12.5. The number of carboxylic acids is 1. The first-order chi connectivity index (χ1) is 10.9. The predicted molar refractivity (Wildman–Crippen MR) is 79.0 cm³/mol. The van der Waals surface area contributed by atoms with Crippen molar-refractivity contribution in [3.8, 4) is 0 Å². The summed E-state index contributed by atoms with van der Waals surface area (Å²) in [5.41, 5.74) is 0.632. The second kappa shape index (κ2) is 6.99. The number of halogens is 1. The first kappa shape index (κ1) is 16.6. The third kappa shape index (κ3) is 4.35. The van der Waals surface area contributed by atoms with Gasteiger partial charge in [-0.25, -0.2) is 9.40 Å². The molecule has 1 heterocycles. The van der Waals surface area contributed by atoms with Gasteiger partial charge in [-0.05, 0) is 17.7 Å². The number of benzene rings is 1. The topological polar surface area (TPSA) is 99.1 Å². The van der Waals surface area contributed by atoms with Gasteiger partial charge >= 0.3 is 5.97 Å². The van der Waals surface area contributed by atoms with E-state index in [1.54, 1.807) is 0 Å². The minimum Gasteiger partial charge on any atom is -0.481 e. The van der Waals surface area contributed by atoms with Gasteiger partial charge in [0.1, 0.15) is 11.5 Å². The Morgan fingerprint density at radius 2 is 2.00 bits per heavy atom. The van der Waals surface area contributed by atoms with E-state index in [0.717, 1.165) is 5.01 Å². The van der Waals surface area contributed by atoms with E-state index in [4.69, 9.17) is 5.11 Å². The van der Waals surface area contributed by atoms with Gasteiger partial charge < -0.3 is 10.4 Å². The minimum atomic E-state index is -1.10. The highest BCUT2D eigenvalue weighted by molar-refractivity contribution is 6.39. The lowest BCUT2D eigenvalue weighted by molar-refractivity contribution is -0.137. The fourth-order valence-corrected chi connectivity index (χ4v) is 2.20. The molecule has 1 atom stereocenters. The van der Waals surface area contributed by atoms with Gasteiger partial charge in [0.05, 0.1) is 12.5 Å². The van der Waals surface area contributed by atoms with E-state index in [2.05, 4.69) is 10.4 Å². The molecule has 0 saturated carbocycles. The van der Waals surface area contributed by atoms with E-state index in [0.29, 0.717) is 5.56 Å². The molecule has 0 saturated heterocycles. The molecule has 7 nitrogen and oxygen atoms in total. The third-order valence-corrected chi connectivity index (χ3v) is 3.43. The highest BCUT2D eigenvalue weighted by atomic mass is 19.1. The van der Waals surface area contributed by atoms with Gasteiger partial charge in [0, 0.05) is 19.9 Å².